The largest absolute Gasteiger partial charge is 0.452 e. The third-order valence-corrected chi connectivity index (χ3v) is 9.98. The van der Waals surface area contributed by atoms with Gasteiger partial charge in [-0.25, -0.2) is 9.59 Å². The molecule has 0 unspecified atom stereocenters. The zero-order chi connectivity index (χ0) is 34.5. The monoisotopic (exact) mass is 696 g/mol. The van der Waals surface area contributed by atoms with Gasteiger partial charge >= 0.3 is 11.9 Å². The van der Waals surface area contributed by atoms with E-state index in [1.807, 2.05) is 0 Å². The van der Waals surface area contributed by atoms with Crippen LogP contribution in [0.2, 0.25) is 0 Å². The van der Waals surface area contributed by atoms with Gasteiger partial charge in [0.1, 0.15) is 12.2 Å². The molecule has 48 heavy (non-hydrogen) atoms. The molecule has 0 saturated carbocycles. The summed E-state index contributed by atoms with van der Waals surface area (Å²) in [5, 5.41) is 11.1. The Morgan fingerprint density at radius 3 is 1.54 bits per heavy atom. The first-order chi connectivity index (χ1) is 22.8. The van der Waals surface area contributed by atoms with Crippen molar-refractivity contribution in [3.63, 3.8) is 0 Å². The zero-order valence-corrected chi connectivity index (χ0v) is 27.4. The van der Waals surface area contributed by atoms with Gasteiger partial charge in [0, 0.05) is 0 Å². The molecule has 252 valence electrons. The van der Waals surface area contributed by atoms with Gasteiger partial charge in [0.2, 0.25) is 0 Å². The highest BCUT2D eigenvalue weighted by molar-refractivity contribution is 7.87. The summed E-state index contributed by atoms with van der Waals surface area (Å²) in [6, 6.07) is 26.7. The summed E-state index contributed by atoms with van der Waals surface area (Å²) >= 11 is 0. The first kappa shape index (κ1) is 34.9. The van der Waals surface area contributed by atoms with E-state index in [1.165, 1.54) is 60.7 Å². The van der Waals surface area contributed by atoms with Crippen LogP contribution in [-0.4, -0.2) is 71.2 Å². The van der Waals surface area contributed by atoms with E-state index >= 15 is 0 Å². The van der Waals surface area contributed by atoms with Gasteiger partial charge in [0.25, 0.3) is 20.2 Å². The van der Waals surface area contributed by atoms with Gasteiger partial charge in [-0.3, -0.25) is 8.37 Å². The zero-order valence-electron chi connectivity index (χ0n) is 25.7. The number of aryl methyl sites for hydroxylation is 2. The third kappa shape index (κ3) is 8.34. The quantitative estimate of drug-likeness (QED) is 0.177. The van der Waals surface area contributed by atoms with E-state index in [0.29, 0.717) is 0 Å². The molecule has 0 radical (unpaired) electrons. The minimum Gasteiger partial charge on any atom is -0.452 e. The number of carbonyl (C=O) groups excluding carboxylic acids is 2. The van der Waals surface area contributed by atoms with Crippen LogP contribution >= 0.6 is 0 Å². The molecule has 1 heterocycles. The predicted octanol–water partition coefficient (Wildman–Crippen LogP) is 3.95. The molecule has 4 aromatic carbocycles. The van der Waals surface area contributed by atoms with Crippen molar-refractivity contribution in [3.8, 4) is 0 Å². The molecular weight excluding hydrogens is 664 g/mol. The molecule has 0 spiro atoms. The maximum absolute atomic E-state index is 13.6. The lowest BCUT2D eigenvalue weighted by molar-refractivity contribution is -0.278. The fourth-order valence-corrected chi connectivity index (χ4v) is 6.80. The summed E-state index contributed by atoms with van der Waals surface area (Å²) in [4.78, 5) is 26.0. The summed E-state index contributed by atoms with van der Waals surface area (Å²) in [6.45, 7) is 2.63. The van der Waals surface area contributed by atoms with Crippen LogP contribution in [0, 0.1) is 13.8 Å². The third-order valence-electron chi connectivity index (χ3n) is 7.36. The molecule has 0 bridgehead atoms. The van der Waals surface area contributed by atoms with Crippen molar-refractivity contribution >= 4 is 32.2 Å². The highest BCUT2D eigenvalue weighted by Crippen LogP contribution is 2.32. The van der Waals surface area contributed by atoms with E-state index in [9.17, 15) is 31.5 Å². The molecule has 0 amide bonds. The molecule has 0 aliphatic carbocycles. The van der Waals surface area contributed by atoms with Gasteiger partial charge in [-0.2, -0.15) is 16.8 Å². The Bertz CT molecular complexity index is 1930. The van der Waals surface area contributed by atoms with Gasteiger partial charge in [-0.1, -0.05) is 71.8 Å². The minimum atomic E-state index is -4.67. The lowest BCUT2D eigenvalue weighted by Crippen LogP contribution is -2.62. The number of hydrogen-bond acceptors (Lipinski definition) is 12. The van der Waals surface area contributed by atoms with Crippen LogP contribution in [0.1, 0.15) is 31.8 Å². The highest BCUT2D eigenvalue weighted by atomic mass is 32.2. The second-order valence-corrected chi connectivity index (χ2v) is 14.1. The Morgan fingerprint density at radius 1 is 0.625 bits per heavy atom. The van der Waals surface area contributed by atoms with Crippen molar-refractivity contribution < 1.29 is 54.1 Å². The predicted molar refractivity (Wildman–Crippen MR) is 170 cm³/mol. The summed E-state index contributed by atoms with van der Waals surface area (Å²) in [6.07, 6.45) is -9.34. The molecule has 5 atom stereocenters. The summed E-state index contributed by atoms with van der Waals surface area (Å²) in [7, 11) is -9.10. The van der Waals surface area contributed by atoms with Crippen LogP contribution in [0.4, 0.5) is 0 Å². The molecule has 0 aromatic heterocycles. The molecule has 5 rings (SSSR count). The summed E-state index contributed by atoms with van der Waals surface area (Å²) < 4.78 is 81.1. The summed E-state index contributed by atoms with van der Waals surface area (Å²) in [5.41, 5.74) is 1.66. The van der Waals surface area contributed by atoms with Crippen LogP contribution in [0.3, 0.4) is 0 Å². The Morgan fingerprint density at radius 2 is 1.06 bits per heavy atom. The van der Waals surface area contributed by atoms with Crippen LogP contribution < -0.4 is 0 Å². The van der Waals surface area contributed by atoms with Gasteiger partial charge in [-0.15, -0.1) is 0 Å². The standard InChI is InChI=1S/C34H32O12S2/c1-22-13-17-26(18-14-22)47(38,39)42-21-28-29(46-48(40,41)27-19-15-23(2)16-20-27)30(44-32(35)24-9-5-3-6-10-24)31(34(37)43-28)45-33(36)25-11-7-4-8-12-25/h3-20,28-31,34,37H,21H2,1-2H3/t28-,29+,30-,31+,34-/m0/s1. The normalized spacial score (nSPS) is 21.3. The van der Waals surface area contributed by atoms with Crippen LogP contribution in [-0.2, 0) is 42.8 Å². The van der Waals surface area contributed by atoms with Crippen molar-refractivity contribution in [2.24, 2.45) is 0 Å². The number of hydrogen-bond donors (Lipinski definition) is 1. The smallest absolute Gasteiger partial charge is 0.338 e. The topological polar surface area (TPSA) is 169 Å². The molecule has 1 aliphatic rings. The van der Waals surface area contributed by atoms with Gasteiger partial charge in [0.05, 0.1) is 27.5 Å². The Hall–Kier alpha value is -4.44. The first-order valence-corrected chi connectivity index (χ1v) is 17.5. The van der Waals surface area contributed by atoms with E-state index in [-0.39, 0.29) is 20.9 Å². The number of aliphatic hydroxyl groups is 1. The van der Waals surface area contributed by atoms with E-state index in [0.717, 1.165) is 11.1 Å². The average Bonchev–Trinajstić information content (AvgIpc) is 3.07. The van der Waals surface area contributed by atoms with Crippen molar-refractivity contribution in [1.82, 2.24) is 0 Å². The summed E-state index contributed by atoms with van der Waals surface area (Å²) in [5.74, 6) is -1.94. The number of benzene rings is 4. The molecular formula is C34H32O12S2. The fourth-order valence-electron chi connectivity index (χ4n) is 4.77. The second-order valence-electron chi connectivity index (χ2n) is 10.9. The number of rotatable bonds is 11. The second kappa shape index (κ2) is 14.8. The SMILES string of the molecule is Cc1ccc(S(=O)(=O)OC[C@@H]2O[C@H](O)[C@H](OC(=O)c3ccccc3)[C@@H](OC(=O)c3ccccc3)[C@@H]2OS(=O)(=O)c2ccc(C)cc2)cc1. The molecule has 14 heteroatoms. The van der Waals surface area contributed by atoms with Crippen LogP contribution in [0.5, 0.6) is 0 Å². The Labute approximate surface area is 278 Å². The van der Waals surface area contributed by atoms with Gasteiger partial charge in [-0.05, 0) is 62.4 Å². The van der Waals surface area contributed by atoms with Gasteiger partial charge < -0.3 is 19.3 Å². The Kier molecular flexibility index (Phi) is 10.7. The number of esters is 2. The molecule has 1 N–H and O–H groups in total. The Balaban J connectivity index is 1.54. The number of ether oxygens (including phenoxy) is 3. The maximum atomic E-state index is 13.6. The highest BCUT2D eigenvalue weighted by Gasteiger charge is 2.53. The minimum absolute atomic E-state index is 0.0431. The van der Waals surface area contributed by atoms with Gasteiger partial charge in [0.15, 0.2) is 18.5 Å². The van der Waals surface area contributed by atoms with Crippen molar-refractivity contribution in [1.29, 1.82) is 0 Å². The first-order valence-electron chi connectivity index (χ1n) is 14.7. The maximum Gasteiger partial charge on any atom is 0.338 e. The van der Waals surface area contributed by atoms with E-state index < -0.39 is 69.5 Å². The number of aliphatic hydroxyl groups excluding tert-OH is 1. The molecule has 1 fully saturated rings. The van der Waals surface area contributed by atoms with E-state index in [1.54, 1.807) is 62.4 Å². The lowest BCUT2D eigenvalue weighted by Gasteiger charge is -2.42. The van der Waals surface area contributed by atoms with Crippen LogP contribution in [0.25, 0.3) is 0 Å². The van der Waals surface area contributed by atoms with E-state index in [2.05, 4.69) is 0 Å². The number of carbonyl (C=O) groups is 2. The molecule has 12 nitrogen and oxygen atoms in total. The van der Waals surface area contributed by atoms with Crippen molar-refractivity contribution in [2.75, 3.05) is 6.61 Å². The van der Waals surface area contributed by atoms with Crippen LogP contribution in [0.15, 0.2) is 119 Å². The molecule has 1 aliphatic heterocycles. The van der Waals surface area contributed by atoms with E-state index in [4.69, 9.17) is 22.6 Å². The average molecular weight is 697 g/mol. The van der Waals surface area contributed by atoms with Crippen molar-refractivity contribution in [2.45, 2.75) is 54.3 Å². The molecule has 1 saturated heterocycles. The fraction of sp³-hybridized carbons (Fsp3) is 0.235. The van der Waals surface area contributed by atoms with Crippen molar-refractivity contribution in [3.05, 3.63) is 131 Å². The lowest BCUT2D eigenvalue weighted by atomic mass is 9.98. The molecule has 4 aromatic rings.